The van der Waals surface area contributed by atoms with Crippen molar-refractivity contribution in [1.29, 1.82) is 0 Å². The van der Waals surface area contributed by atoms with Gasteiger partial charge >= 0.3 is 12.2 Å². The lowest BCUT2D eigenvalue weighted by Crippen LogP contribution is -2.13. The number of hydrogen-bond donors (Lipinski definition) is 2. The summed E-state index contributed by atoms with van der Waals surface area (Å²) in [6.07, 6.45) is 3.05. The van der Waals surface area contributed by atoms with Gasteiger partial charge in [-0.05, 0) is 13.3 Å². The van der Waals surface area contributed by atoms with Gasteiger partial charge in [-0.15, -0.1) is 0 Å². The molecule has 0 bridgehead atoms. The summed E-state index contributed by atoms with van der Waals surface area (Å²) in [6, 6.07) is 0. The largest absolute Gasteiger partial charge is 0.450 e. The molecule has 0 fully saturated rings. The lowest BCUT2D eigenvalue weighted by molar-refractivity contribution is 0.154. The van der Waals surface area contributed by atoms with Gasteiger partial charge in [-0.1, -0.05) is 26.2 Å². The Morgan fingerprint density at radius 1 is 0.938 bits per heavy atom. The Bertz CT molecular complexity index is 186. The van der Waals surface area contributed by atoms with Crippen LogP contribution in [0.25, 0.3) is 0 Å². The van der Waals surface area contributed by atoms with Gasteiger partial charge < -0.3 is 20.9 Å². The summed E-state index contributed by atoms with van der Waals surface area (Å²) in [7, 11) is 0. The number of rotatable bonds is 6. The van der Waals surface area contributed by atoms with Gasteiger partial charge in [0.2, 0.25) is 0 Å². The van der Waals surface area contributed by atoms with Gasteiger partial charge in [-0.25, -0.2) is 9.59 Å². The number of primary amides is 2. The third kappa shape index (κ3) is 22.9. The second kappa shape index (κ2) is 13.5. The van der Waals surface area contributed by atoms with Crippen LogP contribution >= 0.6 is 0 Å². The quantitative estimate of drug-likeness (QED) is 0.683. The molecule has 0 unspecified atom stereocenters. The van der Waals surface area contributed by atoms with Gasteiger partial charge in [-0.3, -0.25) is 0 Å². The molecule has 0 spiro atoms. The van der Waals surface area contributed by atoms with Crippen LogP contribution in [0.15, 0.2) is 0 Å². The summed E-state index contributed by atoms with van der Waals surface area (Å²) >= 11 is 0. The highest BCUT2D eigenvalue weighted by Crippen LogP contribution is 1.98. The molecule has 6 nitrogen and oxygen atoms in total. The van der Waals surface area contributed by atoms with Crippen LogP contribution in [0.3, 0.4) is 0 Å². The Hall–Kier alpha value is -1.46. The lowest BCUT2D eigenvalue weighted by Gasteiger charge is -1.99. The first-order valence-corrected chi connectivity index (χ1v) is 5.39. The molecule has 0 aliphatic carbocycles. The normalized spacial score (nSPS) is 8.62. The second-order valence-electron chi connectivity index (χ2n) is 2.98. The summed E-state index contributed by atoms with van der Waals surface area (Å²) in [5.41, 5.74) is 9.29. The monoisotopic (exact) mass is 234 g/mol. The van der Waals surface area contributed by atoms with E-state index in [9.17, 15) is 9.59 Å². The third-order valence-electron chi connectivity index (χ3n) is 1.53. The fraction of sp³-hybridized carbons (Fsp3) is 0.800. The Morgan fingerprint density at radius 2 is 1.50 bits per heavy atom. The van der Waals surface area contributed by atoms with Gasteiger partial charge in [0.05, 0.1) is 13.2 Å². The van der Waals surface area contributed by atoms with Crippen LogP contribution in [0.2, 0.25) is 0 Å². The number of carbonyl (C=O) groups is 2. The fourth-order valence-corrected chi connectivity index (χ4v) is 0.844. The molecule has 0 aromatic heterocycles. The standard InChI is InChI=1S/C7H15NO2.C3H7NO2/c1-2-3-4-5-6-10-7(8)9;1-2-6-3(4)5/h2-6H2,1H3,(H2,8,9);2H2,1H3,(H2,4,5). The van der Waals surface area contributed by atoms with Crippen molar-refractivity contribution >= 4 is 12.2 Å². The SMILES string of the molecule is CCCCCCOC(N)=O.CCOC(N)=O. The van der Waals surface area contributed by atoms with Crippen LogP contribution in [0.4, 0.5) is 9.59 Å². The maximum atomic E-state index is 10.0. The topological polar surface area (TPSA) is 105 Å². The van der Waals surface area contributed by atoms with Crippen molar-refractivity contribution in [3.63, 3.8) is 0 Å². The molecule has 0 aliphatic heterocycles. The van der Waals surface area contributed by atoms with Gasteiger partial charge in [0, 0.05) is 0 Å². The highest BCUT2D eigenvalue weighted by atomic mass is 16.5. The first-order valence-electron chi connectivity index (χ1n) is 5.39. The van der Waals surface area contributed by atoms with Crippen molar-refractivity contribution in [2.75, 3.05) is 13.2 Å². The first-order chi connectivity index (χ1) is 7.54. The molecule has 16 heavy (non-hydrogen) atoms. The van der Waals surface area contributed by atoms with E-state index in [-0.39, 0.29) is 0 Å². The van der Waals surface area contributed by atoms with E-state index >= 15 is 0 Å². The number of carbonyl (C=O) groups excluding carboxylic acids is 2. The summed E-state index contributed by atoms with van der Waals surface area (Å²) < 4.78 is 8.71. The maximum Gasteiger partial charge on any atom is 0.404 e. The molecular weight excluding hydrogens is 212 g/mol. The zero-order chi connectivity index (χ0) is 12.8. The predicted octanol–water partition coefficient (Wildman–Crippen LogP) is 1.76. The number of amides is 2. The Balaban J connectivity index is 0. The first kappa shape index (κ1) is 17.0. The zero-order valence-electron chi connectivity index (χ0n) is 10.0. The minimum Gasteiger partial charge on any atom is -0.450 e. The van der Waals surface area contributed by atoms with E-state index in [0.717, 1.165) is 12.8 Å². The number of ether oxygens (including phenoxy) is 2. The highest BCUT2D eigenvalue weighted by Gasteiger charge is 1.91. The van der Waals surface area contributed by atoms with Gasteiger partial charge in [-0.2, -0.15) is 0 Å². The lowest BCUT2D eigenvalue weighted by atomic mass is 10.2. The van der Waals surface area contributed by atoms with Crippen molar-refractivity contribution in [1.82, 2.24) is 0 Å². The molecule has 0 atom stereocenters. The summed E-state index contributed by atoms with van der Waals surface area (Å²) in [5.74, 6) is 0. The van der Waals surface area contributed by atoms with E-state index in [0.29, 0.717) is 13.2 Å². The Kier molecular flexibility index (Phi) is 14.3. The van der Waals surface area contributed by atoms with Crippen LogP contribution < -0.4 is 11.5 Å². The molecule has 96 valence electrons. The summed E-state index contributed by atoms with van der Waals surface area (Å²) in [4.78, 5) is 19.6. The van der Waals surface area contributed by atoms with Gasteiger partial charge in [0.15, 0.2) is 0 Å². The zero-order valence-corrected chi connectivity index (χ0v) is 10.0. The molecule has 0 heterocycles. The van der Waals surface area contributed by atoms with Crippen LogP contribution in [0.1, 0.15) is 39.5 Å². The van der Waals surface area contributed by atoms with Crippen molar-refractivity contribution < 1.29 is 19.1 Å². The minimum atomic E-state index is -0.711. The average Bonchev–Trinajstić information content (AvgIpc) is 2.17. The van der Waals surface area contributed by atoms with Gasteiger partial charge in [0.25, 0.3) is 0 Å². The van der Waals surface area contributed by atoms with Crippen molar-refractivity contribution in [3.8, 4) is 0 Å². The maximum absolute atomic E-state index is 10.0. The predicted molar refractivity (Wildman–Crippen MR) is 60.9 cm³/mol. The number of unbranched alkanes of at least 4 members (excludes halogenated alkanes) is 3. The number of hydrogen-bond acceptors (Lipinski definition) is 4. The van der Waals surface area contributed by atoms with Gasteiger partial charge in [0.1, 0.15) is 0 Å². The van der Waals surface area contributed by atoms with E-state index < -0.39 is 12.2 Å². The molecule has 0 saturated carbocycles. The van der Waals surface area contributed by atoms with Crippen LogP contribution in [0.5, 0.6) is 0 Å². The van der Waals surface area contributed by atoms with Crippen LogP contribution in [-0.4, -0.2) is 25.4 Å². The Morgan fingerprint density at radius 3 is 1.81 bits per heavy atom. The number of nitrogens with two attached hydrogens (primary N) is 2. The van der Waals surface area contributed by atoms with Crippen LogP contribution in [-0.2, 0) is 9.47 Å². The smallest absolute Gasteiger partial charge is 0.404 e. The van der Waals surface area contributed by atoms with Crippen molar-refractivity contribution in [2.45, 2.75) is 39.5 Å². The molecule has 0 rings (SSSR count). The molecule has 4 N–H and O–H groups in total. The molecule has 6 heteroatoms. The Labute approximate surface area is 96.3 Å². The third-order valence-corrected chi connectivity index (χ3v) is 1.53. The minimum absolute atomic E-state index is 0.356. The molecule has 0 aromatic rings. The van der Waals surface area contributed by atoms with E-state index in [1.165, 1.54) is 12.8 Å². The van der Waals surface area contributed by atoms with Crippen LogP contribution in [0, 0.1) is 0 Å². The summed E-state index contributed by atoms with van der Waals surface area (Å²) in [5, 5.41) is 0. The van der Waals surface area contributed by atoms with Crippen molar-refractivity contribution in [2.24, 2.45) is 11.5 Å². The van der Waals surface area contributed by atoms with E-state index in [2.05, 4.69) is 22.1 Å². The van der Waals surface area contributed by atoms with E-state index in [1.54, 1.807) is 6.92 Å². The van der Waals surface area contributed by atoms with E-state index in [4.69, 9.17) is 5.73 Å². The molecule has 0 aliphatic rings. The summed E-state index contributed by atoms with van der Waals surface area (Å²) in [6.45, 7) is 4.66. The molecular formula is C10H22N2O4. The molecule has 2 amide bonds. The molecule has 0 aromatic carbocycles. The second-order valence-corrected chi connectivity index (χ2v) is 2.98. The molecule has 0 saturated heterocycles. The average molecular weight is 234 g/mol. The van der Waals surface area contributed by atoms with E-state index in [1.807, 2.05) is 0 Å². The molecule has 0 radical (unpaired) electrons. The fourth-order valence-electron chi connectivity index (χ4n) is 0.844. The van der Waals surface area contributed by atoms with Crippen molar-refractivity contribution in [3.05, 3.63) is 0 Å². The highest BCUT2D eigenvalue weighted by molar-refractivity contribution is 5.64.